The van der Waals surface area contributed by atoms with E-state index in [1.54, 1.807) is 4.90 Å². The Hall–Kier alpha value is -1.35. The molecule has 5 heteroatoms. The number of hydrogen-bond acceptors (Lipinski definition) is 4. The molecule has 0 aliphatic carbocycles. The van der Waals surface area contributed by atoms with Crippen LogP contribution in [-0.4, -0.2) is 48.8 Å². The second kappa shape index (κ2) is 6.71. The standard InChI is InChI=1S/C14H17NO3S/c1-15(12-5-7-18-9-12)14(17)11-8-13(19-10-11)4-2-3-6-16/h8,10,12,16H,3,5-7,9H2,1H3. The van der Waals surface area contributed by atoms with E-state index in [9.17, 15) is 4.79 Å². The minimum absolute atomic E-state index is 0.0157. The quantitative estimate of drug-likeness (QED) is 0.850. The molecule has 0 saturated carbocycles. The first kappa shape index (κ1) is 14.1. The highest BCUT2D eigenvalue weighted by Gasteiger charge is 2.25. The average molecular weight is 279 g/mol. The maximum atomic E-state index is 12.3. The smallest absolute Gasteiger partial charge is 0.254 e. The Morgan fingerprint density at radius 1 is 1.68 bits per heavy atom. The number of nitrogens with zero attached hydrogens (tertiary/aromatic N) is 1. The van der Waals surface area contributed by atoms with Gasteiger partial charge in [0, 0.05) is 25.5 Å². The first-order valence-electron chi connectivity index (χ1n) is 6.25. The Morgan fingerprint density at radius 2 is 2.53 bits per heavy atom. The summed E-state index contributed by atoms with van der Waals surface area (Å²) in [6, 6.07) is 1.99. The molecule has 19 heavy (non-hydrogen) atoms. The van der Waals surface area contributed by atoms with Gasteiger partial charge in [-0.15, -0.1) is 11.3 Å². The number of carbonyl (C=O) groups excluding carboxylic acids is 1. The third-order valence-corrected chi connectivity index (χ3v) is 3.91. The monoisotopic (exact) mass is 279 g/mol. The molecule has 2 heterocycles. The summed E-state index contributed by atoms with van der Waals surface area (Å²) in [6.45, 7) is 1.41. The van der Waals surface area contributed by atoms with Gasteiger partial charge < -0.3 is 14.7 Å². The number of carbonyl (C=O) groups is 1. The normalized spacial score (nSPS) is 17.9. The molecule has 0 spiro atoms. The summed E-state index contributed by atoms with van der Waals surface area (Å²) in [7, 11) is 1.82. The van der Waals surface area contributed by atoms with E-state index in [2.05, 4.69) is 11.8 Å². The highest BCUT2D eigenvalue weighted by molar-refractivity contribution is 7.10. The molecular weight excluding hydrogens is 262 g/mol. The molecule has 0 bridgehead atoms. The zero-order chi connectivity index (χ0) is 13.7. The van der Waals surface area contributed by atoms with Crippen molar-refractivity contribution in [2.24, 2.45) is 0 Å². The Balaban J connectivity index is 2.01. The van der Waals surface area contributed by atoms with Crippen molar-refractivity contribution in [3.63, 3.8) is 0 Å². The van der Waals surface area contributed by atoms with Crippen molar-refractivity contribution in [2.45, 2.75) is 18.9 Å². The summed E-state index contributed by atoms with van der Waals surface area (Å²) >= 11 is 1.45. The van der Waals surface area contributed by atoms with Crippen molar-refractivity contribution in [1.29, 1.82) is 0 Å². The molecule has 1 aromatic rings. The van der Waals surface area contributed by atoms with Gasteiger partial charge in [-0.1, -0.05) is 11.8 Å². The van der Waals surface area contributed by atoms with Gasteiger partial charge in [0.15, 0.2) is 0 Å². The maximum absolute atomic E-state index is 12.3. The molecule has 0 aromatic carbocycles. The Labute approximate surface area is 117 Å². The van der Waals surface area contributed by atoms with Crippen LogP contribution in [-0.2, 0) is 4.74 Å². The zero-order valence-corrected chi connectivity index (χ0v) is 11.7. The lowest BCUT2D eigenvalue weighted by molar-refractivity contribution is 0.0712. The molecule has 1 aliphatic rings. The summed E-state index contributed by atoms with van der Waals surface area (Å²) in [4.78, 5) is 14.9. The number of rotatable bonds is 3. The Kier molecular flexibility index (Phi) is 4.97. The number of amides is 1. The second-order valence-electron chi connectivity index (χ2n) is 4.41. The van der Waals surface area contributed by atoms with Crippen LogP contribution in [0.5, 0.6) is 0 Å². The predicted octanol–water partition coefficient (Wildman–Crippen LogP) is 1.34. The summed E-state index contributed by atoms with van der Waals surface area (Å²) in [5, 5.41) is 10.5. The molecule has 1 N–H and O–H groups in total. The van der Waals surface area contributed by atoms with Crippen molar-refractivity contribution in [1.82, 2.24) is 4.90 Å². The minimum atomic E-state index is 0.0157. The van der Waals surface area contributed by atoms with Crippen LogP contribution < -0.4 is 0 Å². The van der Waals surface area contributed by atoms with Gasteiger partial charge in [-0.05, 0) is 12.5 Å². The largest absolute Gasteiger partial charge is 0.395 e. The van der Waals surface area contributed by atoms with E-state index in [1.807, 2.05) is 18.5 Å². The lowest BCUT2D eigenvalue weighted by Crippen LogP contribution is -2.37. The number of aliphatic hydroxyl groups excluding tert-OH is 1. The zero-order valence-electron chi connectivity index (χ0n) is 10.9. The van der Waals surface area contributed by atoms with Crippen LogP contribution in [0.3, 0.4) is 0 Å². The van der Waals surface area contributed by atoms with E-state index < -0.39 is 0 Å². The molecule has 102 valence electrons. The molecule has 1 unspecified atom stereocenters. The van der Waals surface area contributed by atoms with Gasteiger partial charge >= 0.3 is 0 Å². The van der Waals surface area contributed by atoms with E-state index in [0.29, 0.717) is 18.6 Å². The number of ether oxygens (including phenoxy) is 1. The van der Waals surface area contributed by atoms with Crippen LogP contribution in [0.1, 0.15) is 28.1 Å². The van der Waals surface area contributed by atoms with Crippen molar-refractivity contribution in [3.8, 4) is 11.8 Å². The summed E-state index contributed by atoms with van der Waals surface area (Å²) in [6.07, 6.45) is 1.36. The number of thiophene rings is 1. The van der Waals surface area contributed by atoms with Crippen molar-refractivity contribution in [2.75, 3.05) is 26.9 Å². The third-order valence-electron chi connectivity index (χ3n) is 3.07. The topological polar surface area (TPSA) is 49.8 Å². The van der Waals surface area contributed by atoms with Gasteiger partial charge in [-0.25, -0.2) is 0 Å². The summed E-state index contributed by atoms with van der Waals surface area (Å²) in [5.74, 6) is 5.81. The molecule has 1 aromatic heterocycles. The molecular formula is C14H17NO3S. The van der Waals surface area contributed by atoms with Gasteiger partial charge in [0.2, 0.25) is 0 Å². The number of aliphatic hydroxyl groups is 1. The molecule has 1 amide bonds. The highest BCUT2D eigenvalue weighted by Crippen LogP contribution is 2.18. The molecule has 1 saturated heterocycles. The third kappa shape index (κ3) is 3.57. The predicted molar refractivity (Wildman–Crippen MR) is 74.2 cm³/mol. The fourth-order valence-electron chi connectivity index (χ4n) is 1.92. The molecule has 1 fully saturated rings. The molecule has 1 aliphatic heterocycles. The van der Waals surface area contributed by atoms with Crippen LogP contribution in [0.4, 0.5) is 0 Å². The van der Waals surface area contributed by atoms with Crippen LogP contribution in [0.2, 0.25) is 0 Å². The van der Waals surface area contributed by atoms with Gasteiger partial charge in [-0.3, -0.25) is 4.79 Å². The summed E-state index contributed by atoms with van der Waals surface area (Å²) in [5.41, 5.74) is 0.674. The Morgan fingerprint density at radius 3 is 3.21 bits per heavy atom. The van der Waals surface area contributed by atoms with Crippen molar-refractivity contribution >= 4 is 17.2 Å². The van der Waals surface area contributed by atoms with E-state index >= 15 is 0 Å². The van der Waals surface area contributed by atoms with Crippen molar-refractivity contribution in [3.05, 3.63) is 21.9 Å². The van der Waals surface area contributed by atoms with Gasteiger partial charge in [0.1, 0.15) is 0 Å². The average Bonchev–Trinajstić information content (AvgIpc) is 3.08. The van der Waals surface area contributed by atoms with Crippen LogP contribution in [0, 0.1) is 11.8 Å². The molecule has 1 atom stereocenters. The maximum Gasteiger partial charge on any atom is 0.254 e. The van der Waals surface area contributed by atoms with Crippen LogP contribution in [0.15, 0.2) is 11.4 Å². The van der Waals surface area contributed by atoms with E-state index in [0.717, 1.165) is 17.9 Å². The first-order valence-corrected chi connectivity index (χ1v) is 7.13. The van der Waals surface area contributed by atoms with Crippen LogP contribution >= 0.6 is 11.3 Å². The van der Waals surface area contributed by atoms with Gasteiger partial charge in [-0.2, -0.15) is 0 Å². The Bertz CT molecular complexity index is 494. The number of hydrogen-bond donors (Lipinski definition) is 1. The van der Waals surface area contributed by atoms with Gasteiger partial charge in [0.25, 0.3) is 5.91 Å². The molecule has 2 rings (SSSR count). The van der Waals surface area contributed by atoms with E-state index in [1.165, 1.54) is 11.3 Å². The van der Waals surface area contributed by atoms with Gasteiger partial charge in [0.05, 0.1) is 29.7 Å². The fourth-order valence-corrected chi connectivity index (χ4v) is 2.67. The summed E-state index contributed by atoms with van der Waals surface area (Å²) < 4.78 is 5.30. The fraction of sp³-hybridized carbons (Fsp3) is 0.500. The van der Waals surface area contributed by atoms with E-state index in [-0.39, 0.29) is 18.6 Å². The number of likely N-dealkylation sites (N-methyl/N-ethyl adjacent to an activating group) is 1. The molecule has 0 radical (unpaired) electrons. The van der Waals surface area contributed by atoms with Crippen LogP contribution in [0.25, 0.3) is 0 Å². The van der Waals surface area contributed by atoms with Crippen molar-refractivity contribution < 1.29 is 14.6 Å². The second-order valence-corrected chi connectivity index (χ2v) is 5.32. The lowest BCUT2D eigenvalue weighted by Gasteiger charge is -2.22. The highest BCUT2D eigenvalue weighted by atomic mass is 32.1. The lowest BCUT2D eigenvalue weighted by atomic mass is 10.2. The van der Waals surface area contributed by atoms with E-state index in [4.69, 9.17) is 9.84 Å². The minimum Gasteiger partial charge on any atom is -0.395 e. The molecule has 4 nitrogen and oxygen atoms in total. The SMILES string of the molecule is CN(C(=O)c1csc(C#CCCO)c1)C1CCOC1. The first-order chi connectivity index (χ1) is 9.22.